The van der Waals surface area contributed by atoms with Crippen molar-refractivity contribution < 1.29 is 14.7 Å². The first-order valence-corrected chi connectivity index (χ1v) is 6.10. The highest BCUT2D eigenvalue weighted by Gasteiger charge is 2.17. The van der Waals surface area contributed by atoms with Crippen molar-refractivity contribution in [3.63, 3.8) is 0 Å². The molecule has 5 nitrogen and oxygen atoms in total. The molecule has 3 N–H and O–H groups in total. The van der Waals surface area contributed by atoms with Crippen molar-refractivity contribution in [2.45, 2.75) is 18.9 Å². The van der Waals surface area contributed by atoms with Crippen LogP contribution in [0.4, 0.5) is 0 Å². The van der Waals surface area contributed by atoms with Crippen LogP contribution >= 0.6 is 11.6 Å². The predicted molar refractivity (Wildman–Crippen MR) is 68.4 cm³/mol. The van der Waals surface area contributed by atoms with Gasteiger partial charge < -0.3 is 20.4 Å². The van der Waals surface area contributed by atoms with Gasteiger partial charge in [0, 0.05) is 12.2 Å². The van der Waals surface area contributed by atoms with E-state index in [4.69, 9.17) is 32.0 Å². The number of benzene rings is 1. The molecule has 1 aliphatic heterocycles. The quantitative estimate of drug-likeness (QED) is 0.381. The largest absolute Gasteiger partial charge is 0.486 e. The Morgan fingerprint density at radius 1 is 1.56 bits per heavy atom. The number of halogens is 1. The van der Waals surface area contributed by atoms with Crippen molar-refractivity contribution in [3.8, 4) is 5.75 Å². The van der Waals surface area contributed by atoms with Gasteiger partial charge in [0.1, 0.15) is 11.9 Å². The highest BCUT2D eigenvalue weighted by molar-refractivity contribution is 6.32. The van der Waals surface area contributed by atoms with E-state index in [2.05, 4.69) is 5.16 Å². The lowest BCUT2D eigenvalue weighted by atomic mass is 10.1. The number of nitrogens with two attached hydrogens (primary N) is 1. The van der Waals surface area contributed by atoms with Gasteiger partial charge in [0.2, 0.25) is 0 Å². The molecule has 6 heteroatoms. The SMILES string of the molecule is N/C(=N/O)c1ccc(OC2CCCOC2)c(Cl)c1. The van der Waals surface area contributed by atoms with Crippen LogP contribution in [0.2, 0.25) is 5.02 Å². The number of ether oxygens (including phenoxy) is 2. The Morgan fingerprint density at radius 2 is 2.39 bits per heavy atom. The standard InChI is InChI=1S/C12H15ClN2O3/c13-10-6-8(12(14)15-16)3-4-11(10)18-9-2-1-5-17-7-9/h3-4,6,9,16H,1-2,5,7H2,(H2,14,15). The van der Waals surface area contributed by atoms with E-state index in [1.165, 1.54) is 0 Å². The lowest BCUT2D eigenvalue weighted by molar-refractivity contribution is 0.00747. The Hall–Kier alpha value is -1.46. The van der Waals surface area contributed by atoms with Crippen molar-refractivity contribution >= 4 is 17.4 Å². The molecule has 1 unspecified atom stereocenters. The first kappa shape index (κ1) is 13.0. The van der Waals surface area contributed by atoms with E-state index < -0.39 is 0 Å². The fraction of sp³-hybridized carbons (Fsp3) is 0.417. The van der Waals surface area contributed by atoms with Crippen LogP contribution in [-0.2, 0) is 4.74 Å². The molecule has 2 rings (SSSR count). The van der Waals surface area contributed by atoms with Gasteiger partial charge in [-0.3, -0.25) is 0 Å². The van der Waals surface area contributed by atoms with Gasteiger partial charge in [0.05, 0.1) is 11.6 Å². The minimum atomic E-state index is 0.0180. The molecule has 1 atom stereocenters. The highest BCUT2D eigenvalue weighted by Crippen LogP contribution is 2.27. The third-order valence-electron chi connectivity index (χ3n) is 2.75. The number of nitrogens with zero attached hydrogens (tertiary/aromatic N) is 1. The zero-order valence-electron chi connectivity index (χ0n) is 9.80. The summed E-state index contributed by atoms with van der Waals surface area (Å²) >= 11 is 6.09. The molecule has 0 aliphatic carbocycles. The molecule has 0 amide bonds. The smallest absolute Gasteiger partial charge is 0.170 e. The van der Waals surface area contributed by atoms with E-state index in [0.29, 0.717) is 22.9 Å². The van der Waals surface area contributed by atoms with Gasteiger partial charge in [-0.15, -0.1) is 0 Å². The zero-order chi connectivity index (χ0) is 13.0. The first-order valence-electron chi connectivity index (χ1n) is 5.72. The molecular formula is C12H15ClN2O3. The van der Waals surface area contributed by atoms with Crippen LogP contribution in [-0.4, -0.2) is 30.4 Å². The second-order valence-electron chi connectivity index (χ2n) is 4.09. The monoisotopic (exact) mass is 270 g/mol. The average Bonchev–Trinajstić information content (AvgIpc) is 2.41. The van der Waals surface area contributed by atoms with Gasteiger partial charge in [-0.05, 0) is 31.0 Å². The maximum absolute atomic E-state index is 8.58. The van der Waals surface area contributed by atoms with Gasteiger partial charge in [0.25, 0.3) is 0 Å². The van der Waals surface area contributed by atoms with Crippen LogP contribution in [0.15, 0.2) is 23.4 Å². The van der Waals surface area contributed by atoms with E-state index in [0.717, 1.165) is 19.4 Å². The van der Waals surface area contributed by atoms with E-state index in [9.17, 15) is 0 Å². The van der Waals surface area contributed by atoms with E-state index in [1.807, 2.05) is 0 Å². The summed E-state index contributed by atoms with van der Waals surface area (Å²) < 4.78 is 11.1. The summed E-state index contributed by atoms with van der Waals surface area (Å²) in [4.78, 5) is 0. The molecule has 1 saturated heterocycles. The fourth-order valence-electron chi connectivity index (χ4n) is 1.80. The Labute approximate surface area is 110 Å². The Morgan fingerprint density at radius 3 is 3.00 bits per heavy atom. The Balaban J connectivity index is 2.09. The third kappa shape index (κ3) is 3.05. The summed E-state index contributed by atoms with van der Waals surface area (Å²) in [5.41, 5.74) is 6.03. The third-order valence-corrected chi connectivity index (χ3v) is 3.04. The summed E-state index contributed by atoms with van der Waals surface area (Å²) in [6.45, 7) is 1.37. The maximum Gasteiger partial charge on any atom is 0.170 e. The molecule has 0 saturated carbocycles. The number of hydrogen-bond donors (Lipinski definition) is 2. The Kier molecular flexibility index (Phi) is 4.28. The molecule has 0 radical (unpaired) electrons. The zero-order valence-corrected chi connectivity index (χ0v) is 10.6. The van der Waals surface area contributed by atoms with Crippen LogP contribution < -0.4 is 10.5 Å². The number of hydrogen-bond acceptors (Lipinski definition) is 4. The van der Waals surface area contributed by atoms with E-state index in [-0.39, 0.29) is 11.9 Å². The van der Waals surface area contributed by atoms with Crippen molar-refractivity contribution in [1.82, 2.24) is 0 Å². The molecule has 0 aromatic heterocycles. The molecule has 0 bridgehead atoms. The summed E-state index contributed by atoms with van der Waals surface area (Å²) in [5, 5.41) is 11.9. The van der Waals surface area contributed by atoms with Crippen molar-refractivity contribution in [2.24, 2.45) is 10.9 Å². The maximum atomic E-state index is 8.58. The topological polar surface area (TPSA) is 77.1 Å². The van der Waals surface area contributed by atoms with Gasteiger partial charge in [-0.1, -0.05) is 16.8 Å². The van der Waals surface area contributed by atoms with Crippen LogP contribution in [0.25, 0.3) is 0 Å². The summed E-state index contributed by atoms with van der Waals surface area (Å²) in [7, 11) is 0. The van der Waals surface area contributed by atoms with Crippen LogP contribution in [0.5, 0.6) is 5.75 Å². The van der Waals surface area contributed by atoms with Gasteiger partial charge >= 0.3 is 0 Å². The highest BCUT2D eigenvalue weighted by atomic mass is 35.5. The van der Waals surface area contributed by atoms with Crippen LogP contribution in [0.1, 0.15) is 18.4 Å². The second kappa shape index (κ2) is 5.93. The molecule has 18 heavy (non-hydrogen) atoms. The lowest BCUT2D eigenvalue weighted by Gasteiger charge is -2.23. The summed E-state index contributed by atoms with van der Waals surface area (Å²) in [6, 6.07) is 5.01. The fourth-order valence-corrected chi connectivity index (χ4v) is 2.02. The van der Waals surface area contributed by atoms with Gasteiger partial charge in [0.15, 0.2) is 5.84 Å². The van der Waals surface area contributed by atoms with E-state index in [1.54, 1.807) is 18.2 Å². The Bertz CT molecular complexity index is 445. The number of amidine groups is 1. The molecule has 1 aliphatic rings. The molecule has 1 heterocycles. The minimum absolute atomic E-state index is 0.0180. The second-order valence-corrected chi connectivity index (χ2v) is 4.49. The summed E-state index contributed by atoms with van der Waals surface area (Å²) in [6.07, 6.45) is 1.98. The molecule has 1 fully saturated rings. The van der Waals surface area contributed by atoms with Crippen LogP contribution in [0.3, 0.4) is 0 Å². The lowest BCUT2D eigenvalue weighted by Crippen LogP contribution is -2.28. The predicted octanol–water partition coefficient (Wildman–Crippen LogP) is 1.99. The number of oxime groups is 1. The minimum Gasteiger partial charge on any atom is -0.486 e. The normalized spacial score (nSPS) is 20.7. The molecule has 98 valence electrons. The average molecular weight is 271 g/mol. The van der Waals surface area contributed by atoms with Gasteiger partial charge in [-0.2, -0.15) is 0 Å². The van der Waals surface area contributed by atoms with Crippen LogP contribution in [0, 0.1) is 0 Å². The van der Waals surface area contributed by atoms with E-state index >= 15 is 0 Å². The molecule has 1 aromatic carbocycles. The first-order chi connectivity index (χ1) is 8.70. The molecular weight excluding hydrogens is 256 g/mol. The molecule has 0 spiro atoms. The molecule has 1 aromatic rings. The van der Waals surface area contributed by atoms with Gasteiger partial charge in [-0.25, -0.2) is 0 Å². The van der Waals surface area contributed by atoms with Crippen molar-refractivity contribution in [3.05, 3.63) is 28.8 Å². The van der Waals surface area contributed by atoms with Crippen molar-refractivity contribution in [1.29, 1.82) is 0 Å². The van der Waals surface area contributed by atoms with Crippen molar-refractivity contribution in [2.75, 3.05) is 13.2 Å². The number of rotatable bonds is 3. The summed E-state index contributed by atoms with van der Waals surface area (Å²) in [5.74, 6) is 0.603.